The van der Waals surface area contributed by atoms with Crippen LogP contribution in [-0.4, -0.2) is 17.4 Å². The first kappa shape index (κ1) is 14.2. The predicted octanol–water partition coefficient (Wildman–Crippen LogP) is 3.33. The van der Waals surface area contributed by atoms with Crippen LogP contribution in [0.25, 0.3) is 10.6 Å². The van der Waals surface area contributed by atoms with E-state index in [9.17, 15) is 9.18 Å². The van der Waals surface area contributed by atoms with Crippen molar-refractivity contribution in [3.63, 3.8) is 0 Å². The molecule has 1 aromatic heterocycles. The van der Waals surface area contributed by atoms with Crippen molar-refractivity contribution in [1.29, 1.82) is 0 Å². The van der Waals surface area contributed by atoms with Crippen LogP contribution in [0.4, 0.5) is 4.39 Å². The second-order valence-electron chi connectivity index (χ2n) is 5.35. The van der Waals surface area contributed by atoms with E-state index in [1.807, 2.05) is 6.92 Å². The fraction of sp³-hybridized carbons (Fsp3) is 0.375. The van der Waals surface area contributed by atoms with E-state index in [1.54, 1.807) is 23.5 Å². The van der Waals surface area contributed by atoms with Crippen molar-refractivity contribution in [3.05, 3.63) is 40.7 Å². The highest BCUT2D eigenvalue weighted by molar-refractivity contribution is 7.15. The third kappa shape index (κ3) is 3.47. The van der Waals surface area contributed by atoms with Gasteiger partial charge in [-0.15, -0.1) is 11.3 Å². The first-order valence-corrected chi connectivity index (χ1v) is 7.95. The number of halogens is 1. The number of benzene rings is 1. The first-order valence-electron chi connectivity index (χ1n) is 7.13. The van der Waals surface area contributed by atoms with Gasteiger partial charge in [0.25, 0.3) is 0 Å². The molecule has 1 aliphatic carbocycles. The summed E-state index contributed by atoms with van der Waals surface area (Å²) in [5, 5.41) is 3.87. The van der Waals surface area contributed by atoms with Crippen LogP contribution in [0.1, 0.15) is 23.4 Å². The highest BCUT2D eigenvalue weighted by Crippen LogP contribution is 2.29. The maximum absolute atomic E-state index is 12.9. The molecule has 0 radical (unpaired) electrons. The maximum atomic E-state index is 12.9. The fourth-order valence-electron chi connectivity index (χ4n) is 2.17. The normalized spacial score (nSPS) is 14.2. The van der Waals surface area contributed by atoms with E-state index < -0.39 is 0 Å². The lowest BCUT2D eigenvalue weighted by Crippen LogP contribution is -2.26. The quantitative estimate of drug-likeness (QED) is 0.920. The van der Waals surface area contributed by atoms with Crippen molar-refractivity contribution in [3.8, 4) is 10.6 Å². The van der Waals surface area contributed by atoms with Crippen LogP contribution in [0.5, 0.6) is 0 Å². The van der Waals surface area contributed by atoms with E-state index in [0.717, 1.165) is 35.5 Å². The number of carbonyl (C=O) groups excluding carboxylic acids is 1. The molecule has 0 unspecified atom stereocenters. The van der Waals surface area contributed by atoms with Crippen molar-refractivity contribution in [1.82, 2.24) is 10.3 Å². The summed E-state index contributed by atoms with van der Waals surface area (Å²) >= 11 is 1.61. The van der Waals surface area contributed by atoms with E-state index in [4.69, 9.17) is 0 Å². The summed E-state index contributed by atoms with van der Waals surface area (Å²) in [5.74, 6) is 0.188. The van der Waals surface area contributed by atoms with Crippen LogP contribution in [0.3, 0.4) is 0 Å². The number of carbonyl (C=O) groups is 1. The monoisotopic (exact) mass is 304 g/mol. The van der Waals surface area contributed by atoms with Gasteiger partial charge >= 0.3 is 0 Å². The van der Waals surface area contributed by atoms with Gasteiger partial charge in [-0.05, 0) is 44.0 Å². The summed E-state index contributed by atoms with van der Waals surface area (Å²) in [6.07, 6.45) is 2.85. The van der Waals surface area contributed by atoms with Gasteiger partial charge in [-0.2, -0.15) is 0 Å². The van der Waals surface area contributed by atoms with Crippen molar-refractivity contribution < 1.29 is 9.18 Å². The number of hydrogen-bond donors (Lipinski definition) is 1. The molecule has 0 spiro atoms. The molecule has 21 heavy (non-hydrogen) atoms. The molecule has 0 bridgehead atoms. The van der Waals surface area contributed by atoms with Gasteiger partial charge in [0.1, 0.15) is 10.8 Å². The largest absolute Gasteiger partial charge is 0.356 e. The Morgan fingerprint density at radius 2 is 2.10 bits per heavy atom. The fourth-order valence-corrected chi connectivity index (χ4v) is 3.23. The maximum Gasteiger partial charge on any atom is 0.223 e. The Morgan fingerprint density at radius 3 is 2.76 bits per heavy atom. The minimum absolute atomic E-state index is 0.177. The summed E-state index contributed by atoms with van der Waals surface area (Å²) in [6, 6.07) is 6.38. The molecule has 1 fully saturated rings. The minimum Gasteiger partial charge on any atom is -0.356 e. The van der Waals surface area contributed by atoms with E-state index in [0.29, 0.717) is 6.54 Å². The number of thiazole rings is 1. The van der Waals surface area contributed by atoms with Gasteiger partial charge in [0, 0.05) is 29.3 Å². The van der Waals surface area contributed by atoms with Gasteiger partial charge in [-0.25, -0.2) is 9.37 Å². The van der Waals surface area contributed by atoms with Crippen molar-refractivity contribution >= 4 is 17.2 Å². The number of nitrogens with one attached hydrogen (secondary N) is 1. The standard InChI is InChI=1S/C16H17FN2OS/c1-10-14(8-9-18-15(20)11-2-3-11)21-16(19-10)12-4-6-13(17)7-5-12/h4-7,11H,2-3,8-9H2,1H3,(H,18,20). The molecule has 2 aromatic rings. The second kappa shape index (κ2) is 5.93. The molecular formula is C16H17FN2OS. The average molecular weight is 304 g/mol. The topological polar surface area (TPSA) is 42.0 Å². The summed E-state index contributed by atoms with van der Waals surface area (Å²) in [4.78, 5) is 17.3. The number of hydrogen-bond acceptors (Lipinski definition) is 3. The molecule has 1 N–H and O–H groups in total. The van der Waals surface area contributed by atoms with Gasteiger partial charge in [-0.1, -0.05) is 0 Å². The van der Waals surface area contributed by atoms with Gasteiger partial charge in [0.2, 0.25) is 5.91 Å². The SMILES string of the molecule is Cc1nc(-c2ccc(F)cc2)sc1CCNC(=O)C1CC1. The molecule has 0 saturated heterocycles. The highest BCUT2D eigenvalue weighted by Gasteiger charge is 2.29. The predicted molar refractivity (Wildman–Crippen MR) is 81.7 cm³/mol. The van der Waals surface area contributed by atoms with Crippen molar-refractivity contribution in [2.24, 2.45) is 5.92 Å². The summed E-state index contributed by atoms with van der Waals surface area (Å²) < 4.78 is 12.9. The molecule has 3 rings (SSSR count). The third-order valence-electron chi connectivity index (χ3n) is 3.58. The molecule has 1 amide bonds. The Morgan fingerprint density at radius 1 is 1.38 bits per heavy atom. The summed E-state index contributed by atoms with van der Waals surface area (Å²) in [5.41, 5.74) is 1.91. The number of aryl methyl sites for hydroxylation is 1. The molecule has 0 aliphatic heterocycles. The average Bonchev–Trinajstić information content (AvgIpc) is 3.25. The van der Waals surface area contributed by atoms with E-state index in [2.05, 4.69) is 10.3 Å². The first-order chi connectivity index (χ1) is 10.1. The zero-order valence-electron chi connectivity index (χ0n) is 11.9. The molecule has 1 saturated carbocycles. The zero-order valence-corrected chi connectivity index (χ0v) is 12.7. The smallest absolute Gasteiger partial charge is 0.223 e. The Kier molecular flexibility index (Phi) is 4.01. The third-order valence-corrected chi connectivity index (χ3v) is 4.85. The molecule has 1 aliphatic rings. The summed E-state index contributed by atoms with van der Waals surface area (Å²) in [6.45, 7) is 2.63. The molecule has 5 heteroatoms. The number of aromatic nitrogens is 1. The number of rotatable bonds is 5. The Labute approximate surface area is 127 Å². The highest BCUT2D eigenvalue weighted by atomic mass is 32.1. The molecule has 0 atom stereocenters. The van der Waals surface area contributed by atoms with E-state index in [-0.39, 0.29) is 17.6 Å². The van der Waals surface area contributed by atoms with Crippen LogP contribution in [0.15, 0.2) is 24.3 Å². The van der Waals surface area contributed by atoms with Crippen LogP contribution in [-0.2, 0) is 11.2 Å². The lowest BCUT2D eigenvalue weighted by molar-refractivity contribution is -0.122. The van der Waals surface area contributed by atoms with Crippen molar-refractivity contribution in [2.45, 2.75) is 26.2 Å². The Bertz CT molecular complexity index is 647. The Hall–Kier alpha value is -1.75. The minimum atomic E-state index is -0.241. The van der Waals surface area contributed by atoms with E-state index >= 15 is 0 Å². The number of amides is 1. The lowest BCUT2D eigenvalue weighted by Gasteiger charge is -2.02. The molecule has 110 valence electrons. The van der Waals surface area contributed by atoms with Crippen molar-refractivity contribution in [2.75, 3.05) is 6.54 Å². The zero-order chi connectivity index (χ0) is 14.8. The van der Waals surface area contributed by atoms with E-state index in [1.165, 1.54) is 17.0 Å². The van der Waals surface area contributed by atoms with Crippen LogP contribution in [0, 0.1) is 18.7 Å². The molecule has 1 heterocycles. The number of nitrogens with zero attached hydrogens (tertiary/aromatic N) is 1. The van der Waals surface area contributed by atoms with Gasteiger partial charge in [-0.3, -0.25) is 4.79 Å². The van der Waals surface area contributed by atoms with Gasteiger partial charge in [0.05, 0.1) is 5.69 Å². The van der Waals surface area contributed by atoms with Crippen LogP contribution < -0.4 is 5.32 Å². The van der Waals surface area contributed by atoms with Crippen LogP contribution >= 0.6 is 11.3 Å². The van der Waals surface area contributed by atoms with Crippen LogP contribution in [0.2, 0.25) is 0 Å². The van der Waals surface area contributed by atoms with Gasteiger partial charge < -0.3 is 5.32 Å². The summed E-state index contributed by atoms with van der Waals surface area (Å²) in [7, 11) is 0. The Balaban J connectivity index is 1.63. The molecular weight excluding hydrogens is 287 g/mol. The molecule has 3 nitrogen and oxygen atoms in total. The second-order valence-corrected chi connectivity index (χ2v) is 6.43. The van der Waals surface area contributed by atoms with Gasteiger partial charge in [0.15, 0.2) is 0 Å². The molecule has 1 aromatic carbocycles. The lowest BCUT2D eigenvalue weighted by atomic mass is 10.2.